The van der Waals surface area contributed by atoms with Gasteiger partial charge < -0.3 is 0 Å². The maximum Gasteiger partial charge on any atom is 0.0624 e. The largest absolute Gasteiger partial charge is 0.198 e. The van der Waals surface area contributed by atoms with Gasteiger partial charge in [-0.1, -0.05) is 6.92 Å². The highest BCUT2D eigenvalue weighted by Crippen LogP contribution is 2.39. The van der Waals surface area contributed by atoms with Crippen molar-refractivity contribution in [1.82, 2.24) is 0 Å². The van der Waals surface area contributed by atoms with Crippen molar-refractivity contribution in [2.45, 2.75) is 19.8 Å². The van der Waals surface area contributed by atoms with E-state index >= 15 is 0 Å². The lowest BCUT2D eigenvalue weighted by atomic mass is 10.3. The van der Waals surface area contributed by atoms with Crippen molar-refractivity contribution in [2.24, 2.45) is 11.8 Å². The van der Waals surface area contributed by atoms with E-state index in [1.165, 1.54) is 6.42 Å². The quantitative estimate of drug-likeness (QED) is 0.484. The smallest absolute Gasteiger partial charge is 0.0624 e. The standard InChI is InChI=1S/C6H9N/c1-5-4-6(5)2-3-7/h5-6H,2,4H2,1H3/t5-,6-/m0/s1. The molecule has 0 amide bonds. The minimum atomic E-state index is 0.755. The summed E-state index contributed by atoms with van der Waals surface area (Å²) in [4.78, 5) is 0. The highest BCUT2D eigenvalue weighted by atomic mass is 14.4. The van der Waals surface area contributed by atoms with Crippen molar-refractivity contribution in [3.8, 4) is 6.07 Å². The Morgan fingerprint density at radius 2 is 2.43 bits per heavy atom. The first-order valence-electron chi connectivity index (χ1n) is 2.71. The Kier molecular flexibility index (Phi) is 1.02. The van der Waals surface area contributed by atoms with Gasteiger partial charge in [-0.05, 0) is 18.3 Å². The predicted molar refractivity (Wildman–Crippen MR) is 27.5 cm³/mol. The van der Waals surface area contributed by atoms with Crippen molar-refractivity contribution in [1.29, 1.82) is 5.26 Å². The first-order valence-corrected chi connectivity index (χ1v) is 2.71. The number of hydrogen-bond donors (Lipinski definition) is 0. The Labute approximate surface area is 44.0 Å². The molecule has 0 aliphatic heterocycles. The molecule has 1 heteroatoms. The monoisotopic (exact) mass is 95.1 g/mol. The topological polar surface area (TPSA) is 23.8 Å². The molecule has 0 aromatic carbocycles. The van der Waals surface area contributed by atoms with Crippen LogP contribution in [0.5, 0.6) is 0 Å². The molecule has 2 atom stereocenters. The van der Waals surface area contributed by atoms with E-state index < -0.39 is 0 Å². The summed E-state index contributed by atoms with van der Waals surface area (Å²) in [7, 11) is 0. The van der Waals surface area contributed by atoms with Gasteiger partial charge in [0.25, 0.3) is 0 Å². The molecule has 1 saturated carbocycles. The lowest BCUT2D eigenvalue weighted by Gasteiger charge is -1.76. The third-order valence-corrected chi connectivity index (χ3v) is 1.63. The van der Waals surface area contributed by atoms with E-state index in [0.717, 1.165) is 18.3 Å². The van der Waals surface area contributed by atoms with E-state index in [9.17, 15) is 0 Å². The molecule has 0 spiro atoms. The van der Waals surface area contributed by atoms with Gasteiger partial charge in [0.05, 0.1) is 6.07 Å². The fraction of sp³-hybridized carbons (Fsp3) is 0.833. The third-order valence-electron chi connectivity index (χ3n) is 1.63. The molecule has 1 fully saturated rings. The lowest BCUT2D eigenvalue weighted by Crippen LogP contribution is -1.71. The summed E-state index contributed by atoms with van der Waals surface area (Å²) < 4.78 is 0. The van der Waals surface area contributed by atoms with Gasteiger partial charge in [-0.25, -0.2) is 0 Å². The summed E-state index contributed by atoms with van der Waals surface area (Å²) in [5, 5.41) is 8.14. The number of hydrogen-bond acceptors (Lipinski definition) is 1. The molecule has 0 saturated heterocycles. The zero-order valence-corrected chi connectivity index (χ0v) is 4.52. The molecule has 0 unspecified atom stereocenters. The third kappa shape index (κ3) is 0.928. The van der Waals surface area contributed by atoms with Crippen LogP contribution in [0.25, 0.3) is 0 Å². The van der Waals surface area contributed by atoms with Crippen LogP contribution in [0.4, 0.5) is 0 Å². The van der Waals surface area contributed by atoms with Gasteiger partial charge in [0, 0.05) is 6.42 Å². The van der Waals surface area contributed by atoms with E-state index in [1.54, 1.807) is 0 Å². The van der Waals surface area contributed by atoms with Gasteiger partial charge in [0.1, 0.15) is 0 Å². The number of nitriles is 1. The summed E-state index contributed by atoms with van der Waals surface area (Å²) in [6.07, 6.45) is 2.06. The molecule has 1 rings (SSSR count). The van der Waals surface area contributed by atoms with E-state index in [2.05, 4.69) is 13.0 Å². The summed E-state index contributed by atoms with van der Waals surface area (Å²) in [6, 6.07) is 2.16. The zero-order valence-electron chi connectivity index (χ0n) is 4.52. The Morgan fingerprint density at radius 1 is 1.86 bits per heavy atom. The SMILES string of the molecule is C[C@H]1C[C@@H]1CC#N. The molecule has 0 N–H and O–H groups in total. The molecule has 0 radical (unpaired) electrons. The van der Waals surface area contributed by atoms with Crippen LogP contribution in [-0.4, -0.2) is 0 Å². The van der Waals surface area contributed by atoms with Crippen molar-refractivity contribution >= 4 is 0 Å². The fourth-order valence-electron chi connectivity index (χ4n) is 0.801. The average Bonchev–Trinajstić information content (AvgIpc) is 2.22. The molecule has 0 aromatic rings. The van der Waals surface area contributed by atoms with Gasteiger partial charge in [0.15, 0.2) is 0 Å². The van der Waals surface area contributed by atoms with Crippen LogP contribution in [0.1, 0.15) is 19.8 Å². The molecule has 1 nitrogen and oxygen atoms in total. The van der Waals surface area contributed by atoms with Crippen LogP contribution in [0.15, 0.2) is 0 Å². The van der Waals surface area contributed by atoms with Gasteiger partial charge >= 0.3 is 0 Å². The molecule has 38 valence electrons. The first kappa shape index (κ1) is 4.64. The summed E-state index contributed by atoms with van der Waals surface area (Å²) >= 11 is 0. The summed E-state index contributed by atoms with van der Waals surface area (Å²) in [5.41, 5.74) is 0. The number of nitrogens with zero attached hydrogens (tertiary/aromatic N) is 1. The highest BCUT2D eigenvalue weighted by molar-refractivity contribution is 4.89. The van der Waals surface area contributed by atoms with Crippen LogP contribution in [0.2, 0.25) is 0 Å². The van der Waals surface area contributed by atoms with E-state index in [1.807, 2.05) is 0 Å². The van der Waals surface area contributed by atoms with Crippen LogP contribution in [-0.2, 0) is 0 Å². The van der Waals surface area contributed by atoms with E-state index in [0.29, 0.717) is 0 Å². The van der Waals surface area contributed by atoms with Gasteiger partial charge in [-0.15, -0.1) is 0 Å². The molecular weight excluding hydrogens is 86.1 g/mol. The minimum Gasteiger partial charge on any atom is -0.198 e. The Hall–Kier alpha value is -0.510. The second-order valence-electron chi connectivity index (χ2n) is 2.34. The first-order chi connectivity index (χ1) is 3.34. The zero-order chi connectivity index (χ0) is 5.28. The molecule has 0 bridgehead atoms. The fourth-order valence-corrected chi connectivity index (χ4v) is 0.801. The summed E-state index contributed by atoms with van der Waals surface area (Å²) in [5.74, 6) is 1.60. The lowest BCUT2D eigenvalue weighted by molar-refractivity contribution is 0.773. The molecule has 7 heavy (non-hydrogen) atoms. The number of rotatable bonds is 1. The minimum absolute atomic E-state index is 0.755. The van der Waals surface area contributed by atoms with Gasteiger partial charge in [-0.2, -0.15) is 5.26 Å². The maximum absolute atomic E-state index is 8.14. The van der Waals surface area contributed by atoms with Crippen molar-refractivity contribution < 1.29 is 0 Å². The van der Waals surface area contributed by atoms with Crippen molar-refractivity contribution in [2.75, 3.05) is 0 Å². The van der Waals surface area contributed by atoms with Gasteiger partial charge in [-0.3, -0.25) is 0 Å². The highest BCUT2D eigenvalue weighted by Gasteiger charge is 2.31. The summed E-state index contributed by atoms with van der Waals surface area (Å²) in [6.45, 7) is 2.20. The van der Waals surface area contributed by atoms with Gasteiger partial charge in [0.2, 0.25) is 0 Å². The van der Waals surface area contributed by atoms with E-state index in [-0.39, 0.29) is 0 Å². The molecular formula is C6H9N. The molecule has 1 aliphatic rings. The van der Waals surface area contributed by atoms with Crippen LogP contribution in [0.3, 0.4) is 0 Å². The molecule has 1 aliphatic carbocycles. The second-order valence-corrected chi connectivity index (χ2v) is 2.34. The Balaban J connectivity index is 2.12. The van der Waals surface area contributed by atoms with Crippen LogP contribution >= 0.6 is 0 Å². The van der Waals surface area contributed by atoms with Crippen molar-refractivity contribution in [3.05, 3.63) is 0 Å². The maximum atomic E-state index is 8.14. The molecule has 0 aromatic heterocycles. The normalized spacial score (nSPS) is 37.1. The van der Waals surface area contributed by atoms with Crippen LogP contribution in [0, 0.1) is 23.2 Å². The van der Waals surface area contributed by atoms with Crippen molar-refractivity contribution in [3.63, 3.8) is 0 Å². The Morgan fingerprint density at radius 3 is 2.57 bits per heavy atom. The Bertz CT molecular complexity index is 101. The van der Waals surface area contributed by atoms with E-state index in [4.69, 9.17) is 5.26 Å². The second kappa shape index (κ2) is 1.54. The predicted octanol–water partition coefficient (Wildman–Crippen LogP) is 1.56. The average molecular weight is 95.1 g/mol. The molecule has 0 heterocycles. The van der Waals surface area contributed by atoms with Crippen LogP contribution < -0.4 is 0 Å².